The van der Waals surface area contributed by atoms with Crippen molar-refractivity contribution in [1.82, 2.24) is 0 Å². The predicted molar refractivity (Wildman–Crippen MR) is 1.37 cm³/mol. The van der Waals surface area contributed by atoms with Crippen LogP contribution in [-0.4, -0.2) is 0 Å². The third kappa shape index (κ3) is 25.7. The van der Waals surface area contributed by atoms with Gasteiger partial charge in [-0.1, -0.05) is 0 Å². The van der Waals surface area contributed by atoms with E-state index in [1.54, 1.807) is 0 Å². The molecule has 0 spiro atoms. The molecule has 5 heteroatoms. The summed E-state index contributed by atoms with van der Waals surface area (Å²) in [7, 11) is 0. The second-order valence-corrected chi connectivity index (χ2v) is 0. The summed E-state index contributed by atoms with van der Waals surface area (Å²) in [4.78, 5) is 0. The van der Waals surface area contributed by atoms with Crippen molar-refractivity contribution >= 4 is 0 Å². The second kappa shape index (κ2) is 40.9. The van der Waals surface area contributed by atoms with Crippen molar-refractivity contribution in [2.24, 2.45) is 0 Å². The van der Waals surface area contributed by atoms with Crippen LogP contribution >= 0.6 is 0 Å². The van der Waals surface area contributed by atoms with Crippen LogP contribution in [0.2, 0.25) is 0 Å². The molecule has 0 aliphatic carbocycles. The molecule has 0 amide bonds. The summed E-state index contributed by atoms with van der Waals surface area (Å²) < 4.78 is 0. The summed E-state index contributed by atoms with van der Waals surface area (Å²) in [5.74, 6) is 0. The Kier molecular flexibility index (Phi) is 572. The minimum absolute atomic E-state index is 0. The predicted octanol–water partition coefficient (Wildman–Crippen LogP) is -0.245. The molecule has 0 saturated heterocycles. The quantitative estimate of drug-likeness (QED) is 0.529. The van der Waals surface area contributed by atoms with E-state index in [9.17, 15) is 0 Å². The Balaban J connectivity index is 0. The Morgan fingerprint density at radius 3 is 0.800 bits per heavy atom. The Morgan fingerprint density at radius 1 is 0.800 bits per heavy atom. The van der Waals surface area contributed by atoms with Crippen molar-refractivity contribution in [3.63, 3.8) is 0 Å². The summed E-state index contributed by atoms with van der Waals surface area (Å²) in [6.07, 6.45) is 0. The fourth-order valence-corrected chi connectivity index (χ4v) is 0. The van der Waals surface area contributed by atoms with Gasteiger partial charge in [-0.25, -0.2) is 0 Å². The first kappa shape index (κ1) is 69.9. The summed E-state index contributed by atoms with van der Waals surface area (Å²) in [5.41, 5.74) is 0. The molecular formula is CuNiO2Zr+4. The van der Waals surface area contributed by atoms with E-state index in [2.05, 4.69) is 0 Å². The van der Waals surface area contributed by atoms with E-state index in [0.29, 0.717) is 0 Å². The van der Waals surface area contributed by atoms with Gasteiger partial charge < -0.3 is 11.0 Å². The molecule has 0 N–H and O–H groups in total. The van der Waals surface area contributed by atoms with Crippen LogP contribution < -0.4 is 0 Å². The Morgan fingerprint density at radius 2 is 0.800 bits per heavy atom. The van der Waals surface area contributed by atoms with Gasteiger partial charge >= 0.3 is 59.8 Å². The van der Waals surface area contributed by atoms with E-state index >= 15 is 0 Å². The zero-order valence-electron chi connectivity index (χ0n) is 1.93. The van der Waals surface area contributed by atoms with Crippen LogP contribution in [0, 0.1) is 0 Å². The molecule has 0 heterocycles. The molecule has 2 nitrogen and oxygen atoms in total. The van der Waals surface area contributed by atoms with E-state index in [0.717, 1.165) is 0 Å². The summed E-state index contributed by atoms with van der Waals surface area (Å²) in [5, 5.41) is 0. The van der Waals surface area contributed by atoms with Gasteiger partial charge in [0.2, 0.25) is 0 Å². The minimum Gasteiger partial charge on any atom is -2.00 e. The smallest absolute Gasteiger partial charge is 2.00 e. The van der Waals surface area contributed by atoms with Crippen molar-refractivity contribution < 1.29 is 70.7 Å². The summed E-state index contributed by atoms with van der Waals surface area (Å²) in [6, 6.07) is 0. The Bertz CT molecular complexity index is 9.61. The molecular weight excluding hydrogens is 245 g/mol. The first-order valence-corrected chi connectivity index (χ1v) is 0. The van der Waals surface area contributed by atoms with Crippen molar-refractivity contribution in [3.05, 3.63) is 0 Å². The molecule has 0 aromatic carbocycles. The normalized spacial score (nSPS) is 0. The average molecular weight is 245 g/mol. The van der Waals surface area contributed by atoms with Gasteiger partial charge in [0.1, 0.15) is 0 Å². The van der Waals surface area contributed by atoms with Crippen LogP contribution in [0.1, 0.15) is 0 Å². The monoisotopic (exact) mass is 243 g/mol. The topological polar surface area (TPSA) is 57.0 Å². The third-order valence-corrected chi connectivity index (χ3v) is 0. The Labute approximate surface area is 70.2 Å². The molecule has 0 fully saturated rings. The molecule has 0 aliphatic rings. The molecule has 0 atom stereocenters. The zero-order chi connectivity index (χ0) is 0. The summed E-state index contributed by atoms with van der Waals surface area (Å²) in [6.45, 7) is 0. The van der Waals surface area contributed by atoms with Crippen LogP contribution in [0.5, 0.6) is 0 Å². The molecule has 0 bridgehead atoms. The molecule has 0 aliphatic heterocycles. The van der Waals surface area contributed by atoms with Gasteiger partial charge in [0.05, 0.1) is 0 Å². The van der Waals surface area contributed by atoms with Gasteiger partial charge in [0, 0.05) is 0 Å². The standard InChI is InChI=1S/Cu.Ni.2O.Zr/q2*+2;2*-2;+4. The molecule has 33 valence electrons. The maximum atomic E-state index is 0. The van der Waals surface area contributed by atoms with Crippen LogP contribution in [0.15, 0.2) is 0 Å². The first-order valence-electron chi connectivity index (χ1n) is 0. The van der Waals surface area contributed by atoms with Crippen LogP contribution in [0.25, 0.3) is 0 Å². The number of rotatable bonds is 0. The molecule has 5 heavy (non-hydrogen) atoms. The molecule has 0 aromatic rings. The van der Waals surface area contributed by atoms with Gasteiger partial charge in [0.15, 0.2) is 0 Å². The van der Waals surface area contributed by atoms with Gasteiger partial charge in [-0.3, -0.25) is 0 Å². The van der Waals surface area contributed by atoms with E-state index in [-0.39, 0.29) is 70.7 Å². The SMILES string of the molecule is [Cu+2].[Ni+2].[O-2].[O-2].[Zr+4]. The van der Waals surface area contributed by atoms with Gasteiger partial charge in [-0.05, 0) is 0 Å². The number of hydrogen-bond donors (Lipinski definition) is 0. The van der Waals surface area contributed by atoms with Crippen molar-refractivity contribution in [2.45, 2.75) is 0 Å². The molecule has 0 aromatic heterocycles. The average Bonchev–Trinajstić information content (AvgIpc) is 0. The fourth-order valence-electron chi connectivity index (χ4n) is 0. The maximum Gasteiger partial charge on any atom is 4.00 e. The van der Waals surface area contributed by atoms with Crippen molar-refractivity contribution in [1.29, 1.82) is 0 Å². The Hall–Kier alpha value is 1.82. The van der Waals surface area contributed by atoms with E-state index in [1.807, 2.05) is 0 Å². The third-order valence-electron chi connectivity index (χ3n) is 0. The minimum atomic E-state index is 0. The first-order chi connectivity index (χ1) is 0. The van der Waals surface area contributed by atoms with Crippen LogP contribution in [0.4, 0.5) is 0 Å². The maximum absolute atomic E-state index is 0. The largest absolute Gasteiger partial charge is 4.00 e. The van der Waals surface area contributed by atoms with E-state index in [4.69, 9.17) is 0 Å². The molecule has 0 rings (SSSR count). The van der Waals surface area contributed by atoms with Crippen molar-refractivity contribution in [3.8, 4) is 0 Å². The van der Waals surface area contributed by atoms with Gasteiger partial charge in [-0.15, -0.1) is 0 Å². The van der Waals surface area contributed by atoms with Crippen molar-refractivity contribution in [2.75, 3.05) is 0 Å². The van der Waals surface area contributed by atoms with Gasteiger partial charge in [0.25, 0.3) is 0 Å². The molecule has 0 unspecified atom stereocenters. The van der Waals surface area contributed by atoms with Crippen LogP contribution in [0.3, 0.4) is 0 Å². The van der Waals surface area contributed by atoms with Gasteiger partial charge in [-0.2, -0.15) is 0 Å². The molecule has 1 radical (unpaired) electrons. The fraction of sp³-hybridized carbons (Fsp3) is 0. The zero-order valence-corrected chi connectivity index (χ0v) is 6.32. The van der Waals surface area contributed by atoms with E-state index in [1.165, 1.54) is 0 Å². The van der Waals surface area contributed by atoms with Crippen LogP contribution in [-0.2, 0) is 70.7 Å². The second-order valence-electron chi connectivity index (χ2n) is 0. The summed E-state index contributed by atoms with van der Waals surface area (Å²) >= 11 is 0. The van der Waals surface area contributed by atoms with E-state index < -0.39 is 0 Å². The molecule has 0 saturated carbocycles. The number of hydrogen-bond acceptors (Lipinski definition) is 0.